The summed E-state index contributed by atoms with van der Waals surface area (Å²) in [4.78, 5) is 16.7. The molecule has 0 radical (unpaired) electrons. The van der Waals surface area contributed by atoms with Crippen LogP contribution >= 0.6 is 0 Å². The third-order valence-electron chi connectivity index (χ3n) is 5.61. The number of aliphatic hydroxyl groups is 1. The highest BCUT2D eigenvalue weighted by atomic mass is 16.5. The number of hydrogen-bond acceptors (Lipinski definition) is 7. The summed E-state index contributed by atoms with van der Waals surface area (Å²) < 4.78 is 13.0. The van der Waals surface area contributed by atoms with E-state index in [2.05, 4.69) is 25.9 Å². The van der Waals surface area contributed by atoms with Crippen molar-refractivity contribution in [1.82, 2.24) is 25.3 Å². The SMILES string of the molecule is COc1ccc(NC(=O)N[C@H]2CC[C@H](CCn3cc(-c4ccccn4)nn3)O[C@@H]2CO)cc1. The molecule has 4 rings (SSSR count). The standard InChI is InChI=1S/C23H28N6O4/c1-32-17-7-5-16(6-8-17)25-23(31)26-20-10-9-18(33-22(20)15-30)11-13-29-14-21(27-28-29)19-4-2-3-12-24-19/h2-8,12,14,18,20,22,30H,9-11,13,15H2,1H3,(H2,25,26,31)/t18-,20+,22-/m1/s1. The molecule has 33 heavy (non-hydrogen) atoms. The summed E-state index contributed by atoms with van der Waals surface area (Å²) in [5.74, 6) is 0.715. The summed E-state index contributed by atoms with van der Waals surface area (Å²) >= 11 is 0. The Morgan fingerprint density at radius 3 is 2.79 bits per heavy atom. The number of carbonyl (C=O) groups is 1. The van der Waals surface area contributed by atoms with E-state index in [1.165, 1.54) is 0 Å². The summed E-state index contributed by atoms with van der Waals surface area (Å²) in [6.45, 7) is 0.468. The zero-order chi connectivity index (χ0) is 23.0. The van der Waals surface area contributed by atoms with Crippen LogP contribution in [0.2, 0.25) is 0 Å². The maximum atomic E-state index is 12.4. The number of benzene rings is 1. The maximum Gasteiger partial charge on any atom is 0.319 e. The average molecular weight is 453 g/mol. The van der Waals surface area contributed by atoms with E-state index in [1.54, 1.807) is 42.3 Å². The van der Waals surface area contributed by atoms with E-state index in [0.717, 1.165) is 24.2 Å². The fourth-order valence-corrected chi connectivity index (χ4v) is 3.83. The highest BCUT2D eigenvalue weighted by Gasteiger charge is 2.31. The molecule has 2 amide bonds. The molecule has 1 aliphatic heterocycles. The highest BCUT2D eigenvalue weighted by Crippen LogP contribution is 2.23. The molecule has 10 nitrogen and oxygen atoms in total. The topological polar surface area (TPSA) is 123 Å². The molecule has 1 aliphatic rings. The van der Waals surface area contributed by atoms with Crippen LogP contribution in [0.15, 0.2) is 54.9 Å². The van der Waals surface area contributed by atoms with Gasteiger partial charge < -0.3 is 25.2 Å². The van der Waals surface area contributed by atoms with Crippen LogP contribution < -0.4 is 15.4 Å². The van der Waals surface area contributed by atoms with Crippen LogP contribution in [0.25, 0.3) is 11.4 Å². The van der Waals surface area contributed by atoms with Gasteiger partial charge in [0.1, 0.15) is 17.5 Å². The molecular weight excluding hydrogens is 424 g/mol. The number of aliphatic hydroxyl groups excluding tert-OH is 1. The van der Waals surface area contributed by atoms with Crippen LogP contribution in [0.3, 0.4) is 0 Å². The van der Waals surface area contributed by atoms with Gasteiger partial charge in [-0.3, -0.25) is 9.67 Å². The molecule has 0 unspecified atom stereocenters. The van der Waals surface area contributed by atoms with Crippen LogP contribution in [0.1, 0.15) is 19.3 Å². The molecule has 1 aromatic carbocycles. The molecule has 174 valence electrons. The number of methoxy groups -OCH3 is 1. The minimum atomic E-state index is -0.467. The second-order valence-electron chi connectivity index (χ2n) is 7.86. The van der Waals surface area contributed by atoms with Gasteiger partial charge in [0.05, 0.1) is 37.8 Å². The molecule has 0 bridgehead atoms. The Balaban J connectivity index is 1.25. The Bertz CT molecular complexity index is 1030. The summed E-state index contributed by atoms with van der Waals surface area (Å²) in [5, 5.41) is 23.9. The first-order valence-corrected chi connectivity index (χ1v) is 10.9. The number of hydrogen-bond donors (Lipinski definition) is 3. The lowest BCUT2D eigenvalue weighted by molar-refractivity contribution is -0.0905. The van der Waals surface area contributed by atoms with Crippen LogP contribution in [-0.2, 0) is 11.3 Å². The van der Waals surface area contributed by atoms with E-state index in [4.69, 9.17) is 9.47 Å². The number of rotatable bonds is 8. The van der Waals surface area contributed by atoms with E-state index < -0.39 is 6.10 Å². The summed E-state index contributed by atoms with van der Waals surface area (Å²) in [6.07, 6.45) is 5.29. The number of pyridine rings is 1. The largest absolute Gasteiger partial charge is 0.497 e. The van der Waals surface area contributed by atoms with Crippen molar-refractivity contribution in [2.75, 3.05) is 19.0 Å². The molecular formula is C23H28N6O4. The number of urea groups is 1. The Hall–Kier alpha value is -3.50. The minimum Gasteiger partial charge on any atom is -0.497 e. The maximum absolute atomic E-state index is 12.4. The van der Waals surface area contributed by atoms with E-state index in [9.17, 15) is 9.90 Å². The first-order chi connectivity index (χ1) is 16.1. The van der Waals surface area contributed by atoms with Gasteiger partial charge in [0, 0.05) is 18.4 Å². The number of ether oxygens (including phenoxy) is 2. The van der Waals surface area contributed by atoms with Gasteiger partial charge in [0.15, 0.2) is 0 Å². The fraction of sp³-hybridized carbons (Fsp3) is 0.391. The number of nitrogens with one attached hydrogen (secondary N) is 2. The van der Waals surface area contributed by atoms with Gasteiger partial charge in [-0.25, -0.2) is 4.79 Å². The minimum absolute atomic E-state index is 0.0349. The molecule has 10 heteroatoms. The summed E-state index contributed by atoms with van der Waals surface area (Å²) in [7, 11) is 1.59. The van der Waals surface area contributed by atoms with Crippen LogP contribution in [0, 0.1) is 0 Å². The smallest absolute Gasteiger partial charge is 0.319 e. The molecule has 3 aromatic rings. The highest BCUT2D eigenvalue weighted by molar-refractivity contribution is 5.89. The quantitative estimate of drug-likeness (QED) is 0.480. The Kier molecular flexibility index (Phi) is 7.48. The molecule has 3 atom stereocenters. The van der Waals surface area contributed by atoms with Gasteiger partial charge in [0.25, 0.3) is 0 Å². The Morgan fingerprint density at radius 2 is 2.06 bits per heavy atom. The molecule has 2 aromatic heterocycles. The average Bonchev–Trinajstić information content (AvgIpc) is 3.33. The first kappa shape index (κ1) is 22.7. The molecule has 1 fully saturated rings. The second kappa shape index (κ2) is 10.9. The normalized spacial score (nSPS) is 20.2. The van der Waals surface area contributed by atoms with Crippen molar-refractivity contribution >= 4 is 11.7 Å². The summed E-state index contributed by atoms with van der Waals surface area (Å²) in [5.41, 5.74) is 2.15. The monoisotopic (exact) mass is 452 g/mol. The molecule has 1 saturated heterocycles. The number of amides is 2. The van der Waals surface area contributed by atoms with Crippen molar-refractivity contribution in [2.24, 2.45) is 0 Å². The third-order valence-corrected chi connectivity index (χ3v) is 5.61. The zero-order valence-electron chi connectivity index (χ0n) is 18.4. The lowest BCUT2D eigenvalue weighted by Crippen LogP contribution is -2.52. The summed E-state index contributed by atoms with van der Waals surface area (Å²) in [6, 6.07) is 12.1. The van der Waals surface area contributed by atoms with Crippen LogP contribution in [0.5, 0.6) is 5.75 Å². The predicted octanol–water partition coefficient (Wildman–Crippen LogP) is 2.47. The molecule has 0 saturated carbocycles. The van der Waals surface area contributed by atoms with Gasteiger partial charge in [0.2, 0.25) is 0 Å². The van der Waals surface area contributed by atoms with Crippen molar-refractivity contribution in [3.8, 4) is 17.1 Å². The van der Waals surface area contributed by atoms with Gasteiger partial charge in [-0.05, 0) is 55.7 Å². The zero-order valence-corrected chi connectivity index (χ0v) is 18.4. The third kappa shape index (κ3) is 6.05. The predicted molar refractivity (Wildman–Crippen MR) is 122 cm³/mol. The van der Waals surface area contributed by atoms with Gasteiger partial charge in [-0.15, -0.1) is 5.10 Å². The van der Waals surface area contributed by atoms with Crippen molar-refractivity contribution in [2.45, 2.75) is 44.1 Å². The van der Waals surface area contributed by atoms with Crippen LogP contribution in [-0.4, -0.2) is 63.1 Å². The van der Waals surface area contributed by atoms with Gasteiger partial charge in [-0.2, -0.15) is 0 Å². The van der Waals surface area contributed by atoms with Gasteiger partial charge in [-0.1, -0.05) is 11.3 Å². The Morgan fingerprint density at radius 1 is 1.21 bits per heavy atom. The lowest BCUT2D eigenvalue weighted by atomic mass is 9.97. The van der Waals surface area contributed by atoms with E-state index in [0.29, 0.717) is 24.4 Å². The molecule has 3 heterocycles. The van der Waals surface area contributed by atoms with E-state index in [1.807, 2.05) is 24.4 Å². The van der Waals surface area contributed by atoms with Crippen molar-refractivity contribution < 1.29 is 19.4 Å². The van der Waals surface area contributed by atoms with Crippen LogP contribution in [0.4, 0.5) is 10.5 Å². The van der Waals surface area contributed by atoms with E-state index >= 15 is 0 Å². The number of carbonyl (C=O) groups excluding carboxylic acids is 1. The van der Waals surface area contributed by atoms with E-state index in [-0.39, 0.29) is 24.8 Å². The van der Waals surface area contributed by atoms with Crippen molar-refractivity contribution in [3.05, 3.63) is 54.9 Å². The second-order valence-corrected chi connectivity index (χ2v) is 7.86. The number of anilines is 1. The number of aryl methyl sites for hydroxylation is 1. The molecule has 0 spiro atoms. The number of nitrogens with zero attached hydrogens (tertiary/aromatic N) is 4. The van der Waals surface area contributed by atoms with Crippen molar-refractivity contribution in [1.29, 1.82) is 0 Å². The van der Waals surface area contributed by atoms with Crippen molar-refractivity contribution in [3.63, 3.8) is 0 Å². The first-order valence-electron chi connectivity index (χ1n) is 10.9. The Labute approximate surface area is 191 Å². The van der Waals surface area contributed by atoms with Gasteiger partial charge >= 0.3 is 6.03 Å². The number of aromatic nitrogens is 4. The fourth-order valence-electron chi connectivity index (χ4n) is 3.83. The molecule has 0 aliphatic carbocycles. The lowest BCUT2D eigenvalue weighted by Gasteiger charge is -2.36. The molecule has 3 N–H and O–H groups in total.